The van der Waals surface area contributed by atoms with Crippen molar-refractivity contribution < 1.29 is 13.2 Å². The first kappa shape index (κ1) is 16.6. The smallest absolute Gasteiger partial charge is 0.308 e. The molecular weight excluding hydrogens is 350 g/mol. The molecular formula is C16H16ClN3O3S. The number of carbonyl (C=O) groups excluding carboxylic acids is 1. The fourth-order valence-corrected chi connectivity index (χ4v) is 4.43. The minimum atomic E-state index is -3.29. The first-order chi connectivity index (χ1) is 11.5. The predicted molar refractivity (Wildman–Crippen MR) is 96.3 cm³/mol. The molecule has 0 aromatic heterocycles. The van der Waals surface area contributed by atoms with Gasteiger partial charge in [0, 0.05) is 17.9 Å². The molecule has 0 aliphatic carbocycles. The van der Waals surface area contributed by atoms with Gasteiger partial charge in [0.1, 0.15) is 0 Å². The number of urea groups is 1. The molecule has 0 atom stereocenters. The largest absolute Gasteiger partial charge is 0.323 e. The molecule has 6 nitrogen and oxygen atoms in total. The van der Waals surface area contributed by atoms with E-state index in [1.807, 2.05) is 18.2 Å². The zero-order chi connectivity index (χ0) is 17.2. The van der Waals surface area contributed by atoms with Crippen LogP contribution in [-0.2, 0) is 10.0 Å². The first-order valence-corrected chi connectivity index (χ1v) is 9.37. The van der Waals surface area contributed by atoms with Crippen LogP contribution in [0.3, 0.4) is 0 Å². The SMILES string of the molecule is O=C(Nc1ccccc1)Nc1ccc(N2CCCS2(=O)=O)c(Cl)c1. The number of carbonyl (C=O) groups is 1. The van der Waals surface area contributed by atoms with Gasteiger partial charge in [-0.05, 0) is 36.8 Å². The molecule has 1 aliphatic heterocycles. The van der Waals surface area contributed by atoms with Gasteiger partial charge in [-0.15, -0.1) is 0 Å². The molecule has 8 heteroatoms. The number of nitrogens with zero attached hydrogens (tertiary/aromatic N) is 1. The summed E-state index contributed by atoms with van der Waals surface area (Å²) in [5.41, 5.74) is 1.58. The Morgan fingerprint density at radius 1 is 1.04 bits per heavy atom. The second-order valence-electron chi connectivity index (χ2n) is 5.35. The van der Waals surface area contributed by atoms with Gasteiger partial charge in [0.2, 0.25) is 10.0 Å². The summed E-state index contributed by atoms with van der Waals surface area (Å²) in [5, 5.41) is 5.64. The fraction of sp³-hybridized carbons (Fsp3) is 0.188. The molecule has 0 radical (unpaired) electrons. The highest BCUT2D eigenvalue weighted by Crippen LogP contribution is 2.33. The lowest BCUT2D eigenvalue weighted by Gasteiger charge is -2.19. The van der Waals surface area contributed by atoms with Crippen LogP contribution in [0.4, 0.5) is 21.9 Å². The van der Waals surface area contributed by atoms with Crippen molar-refractivity contribution in [2.24, 2.45) is 0 Å². The third-order valence-electron chi connectivity index (χ3n) is 3.61. The number of amides is 2. The highest BCUT2D eigenvalue weighted by molar-refractivity contribution is 7.93. The molecule has 1 heterocycles. The number of nitrogens with one attached hydrogen (secondary N) is 2. The van der Waals surface area contributed by atoms with Crippen LogP contribution in [0, 0.1) is 0 Å². The van der Waals surface area contributed by atoms with Gasteiger partial charge in [-0.25, -0.2) is 13.2 Å². The highest BCUT2D eigenvalue weighted by atomic mass is 35.5. The van der Waals surface area contributed by atoms with E-state index in [0.717, 1.165) is 0 Å². The van der Waals surface area contributed by atoms with E-state index in [9.17, 15) is 13.2 Å². The zero-order valence-corrected chi connectivity index (χ0v) is 14.3. The van der Waals surface area contributed by atoms with Gasteiger partial charge < -0.3 is 10.6 Å². The minimum Gasteiger partial charge on any atom is -0.308 e. The minimum absolute atomic E-state index is 0.128. The lowest BCUT2D eigenvalue weighted by molar-refractivity contribution is 0.262. The van der Waals surface area contributed by atoms with Crippen molar-refractivity contribution in [3.63, 3.8) is 0 Å². The Bertz CT molecular complexity index is 856. The molecule has 0 unspecified atom stereocenters. The summed E-state index contributed by atoms with van der Waals surface area (Å²) >= 11 is 6.20. The van der Waals surface area contributed by atoms with Gasteiger partial charge in [-0.1, -0.05) is 29.8 Å². The van der Waals surface area contributed by atoms with E-state index in [4.69, 9.17) is 11.6 Å². The van der Waals surface area contributed by atoms with Crippen LogP contribution in [0.1, 0.15) is 6.42 Å². The van der Waals surface area contributed by atoms with E-state index < -0.39 is 16.1 Å². The maximum absolute atomic E-state index is 12.0. The molecule has 126 valence electrons. The van der Waals surface area contributed by atoms with Gasteiger partial charge in [-0.2, -0.15) is 0 Å². The van der Waals surface area contributed by atoms with E-state index in [1.165, 1.54) is 10.4 Å². The van der Waals surface area contributed by atoms with Crippen LogP contribution in [0.25, 0.3) is 0 Å². The average Bonchev–Trinajstić information content (AvgIpc) is 2.87. The Kier molecular flexibility index (Phi) is 4.64. The maximum Gasteiger partial charge on any atom is 0.323 e. The Morgan fingerprint density at radius 3 is 2.38 bits per heavy atom. The van der Waals surface area contributed by atoms with Crippen molar-refractivity contribution in [3.05, 3.63) is 53.6 Å². The van der Waals surface area contributed by atoms with E-state index in [1.54, 1.807) is 24.3 Å². The topological polar surface area (TPSA) is 78.5 Å². The maximum atomic E-state index is 12.0. The Balaban J connectivity index is 1.72. The molecule has 2 aromatic rings. The second-order valence-corrected chi connectivity index (χ2v) is 7.77. The lowest BCUT2D eigenvalue weighted by atomic mass is 10.2. The van der Waals surface area contributed by atoms with E-state index in [-0.39, 0.29) is 10.8 Å². The Hall–Kier alpha value is -2.25. The summed E-state index contributed by atoms with van der Waals surface area (Å²) in [6, 6.07) is 13.4. The number of rotatable bonds is 3. The van der Waals surface area contributed by atoms with Crippen LogP contribution in [0.15, 0.2) is 48.5 Å². The summed E-state index contributed by atoms with van der Waals surface area (Å²) in [7, 11) is -3.29. The van der Waals surface area contributed by atoms with Gasteiger partial charge in [0.25, 0.3) is 0 Å². The second kappa shape index (κ2) is 6.70. The van der Waals surface area contributed by atoms with Crippen LogP contribution in [0.5, 0.6) is 0 Å². The van der Waals surface area contributed by atoms with Gasteiger partial charge in [-0.3, -0.25) is 4.31 Å². The van der Waals surface area contributed by atoms with Gasteiger partial charge in [0.05, 0.1) is 16.5 Å². The van der Waals surface area contributed by atoms with Crippen molar-refractivity contribution >= 4 is 44.7 Å². The Morgan fingerprint density at radius 2 is 1.75 bits per heavy atom. The standard InChI is InChI=1S/C16H16ClN3O3S/c17-14-11-13(19-16(21)18-12-5-2-1-3-6-12)7-8-15(14)20-9-4-10-24(20,22)23/h1-3,5-8,11H,4,9-10H2,(H2,18,19,21). The summed E-state index contributed by atoms with van der Waals surface area (Å²) < 4.78 is 25.2. The Labute approximate surface area is 145 Å². The van der Waals surface area contributed by atoms with Gasteiger partial charge in [0.15, 0.2) is 0 Å². The molecule has 1 aliphatic rings. The third-order valence-corrected chi connectivity index (χ3v) is 5.76. The van der Waals surface area contributed by atoms with Crippen LogP contribution < -0.4 is 14.9 Å². The van der Waals surface area contributed by atoms with E-state index in [2.05, 4.69) is 10.6 Å². The average molecular weight is 366 g/mol. The molecule has 0 bridgehead atoms. The quantitative estimate of drug-likeness (QED) is 0.873. The van der Waals surface area contributed by atoms with Crippen molar-refractivity contribution in [2.45, 2.75) is 6.42 Å². The van der Waals surface area contributed by atoms with E-state index >= 15 is 0 Å². The van der Waals surface area contributed by atoms with Crippen molar-refractivity contribution in [2.75, 3.05) is 27.2 Å². The molecule has 0 saturated carbocycles. The number of halogens is 1. The zero-order valence-electron chi connectivity index (χ0n) is 12.7. The third kappa shape index (κ3) is 3.63. The summed E-state index contributed by atoms with van der Waals surface area (Å²) in [6.07, 6.45) is 0.581. The molecule has 0 spiro atoms. The van der Waals surface area contributed by atoms with Crippen molar-refractivity contribution in [1.82, 2.24) is 0 Å². The monoisotopic (exact) mass is 365 g/mol. The molecule has 24 heavy (non-hydrogen) atoms. The normalized spacial score (nSPS) is 16.0. The molecule has 1 saturated heterocycles. The molecule has 2 N–H and O–H groups in total. The molecule has 2 amide bonds. The number of para-hydroxylation sites is 1. The summed E-state index contributed by atoms with van der Waals surface area (Å²) in [6.45, 7) is 0.420. The number of anilines is 3. The molecule has 2 aromatic carbocycles. The van der Waals surface area contributed by atoms with E-state index in [0.29, 0.717) is 30.0 Å². The lowest BCUT2D eigenvalue weighted by Crippen LogP contribution is -2.25. The number of hydrogen-bond acceptors (Lipinski definition) is 3. The van der Waals surface area contributed by atoms with Gasteiger partial charge >= 0.3 is 6.03 Å². The summed E-state index contributed by atoms with van der Waals surface area (Å²) in [5.74, 6) is 0.128. The highest BCUT2D eigenvalue weighted by Gasteiger charge is 2.29. The fourth-order valence-electron chi connectivity index (χ4n) is 2.51. The summed E-state index contributed by atoms with van der Waals surface area (Å²) in [4.78, 5) is 12.0. The number of sulfonamides is 1. The molecule has 3 rings (SSSR count). The molecule has 1 fully saturated rings. The van der Waals surface area contributed by atoms with Crippen LogP contribution >= 0.6 is 11.6 Å². The number of hydrogen-bond donors (Lipinski definition) is 2. The predicted octanol–water partition coefficient (Wildman–Crippen LogP) is 3.52. The number of benzene rings is 2. The van der Waals surface area contributed by atoms with Crippen molar-refractivity contribution in [1.29, 1.82) is 0 Å². The first-order valence-electron chi connectivity index (χ1n) is 7.39. The van der Waals surface area contributed by atoms with Crippen LogP contribution in [-0.4, -0.2) is 26.7 Å². The van der Waals surface area contributed by atoms with Crippen molar-refractivity contribution in [3.8, 4) is 0 Å². The van der Waals surface area contributed by atoms with Crippen LogP contribution in [0.2, 0.25) is 5.02 Å².